The highest BCUT2D eigenvalue weighted by Crippen LogP contribution is 2.59. The Balaban J connectivity index is 1.57. The van der Waals surface area contributed by atoms with Crippen molar-refractivity contribution < 1.29 is 23.9 Å². The van der Waals surface area contributed by atoms with Crippen LogP contribution in [0.1, 0.15) is 77.1 Å². The van der Waals surface area contributed by atoms with Gasteiger partial charge in [-0.15, -0.1) is 0 Å². The predicted molar refractivity (Wildman–Crippen MR) is 135 cm³/mol. The molecule has 1 aromatic rings. The van der Waals surface area contributed by atoms with Crippen LogP contribution in [-0.4, -0.2) is 51.6 Å². The Morgan fingerprint density at radius 3 is 2.53 bits per heavy atom. The molecule has 4 aliphatic carbocycles. The van der Waals surface area contributed by atoms with Gasteiger partial charge in [0.25, 0.3) is 5.91 Å². The van der Waals surface area contributed by atoms with E-state index in [2.05, 4.69) is 15.4 Å². The second kappa shape index (κ2) is 9.71. The third-order valence-corrected chi connectivity index (χ3v) is 7.36. The van der Waals surface area contributed by atoms with E-state index in [9.17, 15) is 14.4 Å². The first kappa shape index (κ1) is 25.9. The lowest BCUT2D eigenvalue weighted by molar-refractivity contribution is -0.120. The minimum absolute atomic E-state index is 0.0596. The molecule has 1 aromatic heterocycles. The van der Waals surface area contributed by atoms with Crippen LogP contribution in [0.3, 0.4) is 0 Å². The lowest BCUT2D eigenvalue weighted by atomic mass is 9.49. The predicted octanol–water partition coefficient (Wildman–Crippen LogP) is 3.56. The molecule has 4 saturated carbocycles. The van der Waals surface area contributed by atoms with E-state index in [4.69, 9.17) is 15.2 Å². The molecule has 2 atom stereocenters. The molecular weight excluding hydrogens is 462 g/mol. The highest BCUT2D eigenvalue weighted by Gasteiger charge is 2.54. The molecule has 4 bridgehead atoms. The summed E-state index contributed by atoms with van der Waals surface area (Å²) in [6, 6.07) is 0. The van der Waals surface area contributed by atoms with Gasteiger partial charge in [-0.05, 0) is 83.6 Å². The van der Waals surface area contributed by atoms with Crippen LogP contribution in [0.5, 0.6) is 5.88 Å². The van der Waals surface area contributed by atoms with E-state index >= 15 is 0 Å². The lowest BCUT2D eigenvalue weighted by Gasteiger charge is -2.56. The van der Waals surface area contributed by atoms with Crippen molar-refractivity contribution in [1.82, 2.24) is 15.1 Å². The third-order valence-electron chi connectivity index (χ3n) is 7.36. The molecule has 10 heteroatoms. The van der Waals surface area contributed by atoms with Crippen molar-refractivity contribution in [2.24, 2.45) is 33.9 Å². The summed E-state index contributed by atoms with van der Waals surface area (Å²) in [6.45, 7) is 9.30. The first-order valence-corrected chi connectivity index (χ1v) is 12.6. The smallest absolute Gasteiger partial charge is 0.404 e. The van der Waals surface area contributed by atoms with E-state index in [0.717, 1.165) is 37.8 Å². The second-order valence-corrected chi connectivity index (χ2v) is 11.5. The average molecular weight is 500 g/mol. The van der Waals surface area contributed by atoms with Gasteiger partial charge in [0.1, 0.15) is 5.56 Å². The van der Waals surface area contributed by atoms with Crippen molar-refractivity contribution in [2.45, 2.75) is 78.4 Å². The minimum Gasteiger partial charge on any atom is -0.474 e. The number of aromatic nitrogens is 2. The van der Waals surface area contributed by atoms with Crippen molar-refractivity contribution in [2.75, 3.05) is 6.61 Å². The average Bonchev–Trinajstić information content (AvgIpc) is 3.14. The number of ether oxygens (including phenoxy) is 2. The molecule has 4 aliphatic rings. The van der Waals surface area contributed by atoms with Crippen molar-refractivity contribution in [3.05, 3.63) is 17.8 Å². The van der Waals surface area contributed by atoms with Crippen LogP contribution in [0.15, 0.2) is 17.3 Å². The van der Waals surface area contributed by atoms with Crippen molar-refractivity contribution in [3.8, 4) is 5.88 Å². The van der Waals surface area contributed by atoms with Crippen molar-refractivity contribution >= 4 is 29.8 Å². The fourth-order valence-electron chi connectivity index (χ4n) is 6.38. The maximum atomic E-state index is 13.4. The van der Waals surface area contributed by atoms with Gasteiger partial charge in [0.2, 0.25) is 11.8 Å². The maximum absolute atomic E-state index is 13.4. The van der Waals surface area contributed by atoms with Crippen LogP contribution in [0.4, 0.5) is 4.79 Å². The van der Waals surface area contributed by atoms with Crippen molar-refractivity contribution in [1.29, 1.82) is 0 Å². The molecule has 10 nitrogen and oxygen atoms in total. The van der Waals surface area contributed by atoms with Gasteiger partial charge < -0.3 is 20.5 Å². The second-order valence-electron chi connectivity index (χ2n) is 11.5. The quantitative estimate of drug-likeness (QED) is 0.561. The summed E-state index contributed by atoms with van der Waals surface area (Å²) in [4.78, 5) is 40.7. The summed E-state index contributed by atoms with van der Waals surface area (Å²) in [5.41, 5.74) is 5.82. The molecule has 3 N–H and O–H groups in total. The molecule has 0 aromatic carbocycles. The molecule has 0 spiro atoms. The van der Waals surface area contributed by atoms with E-state index in [1.165, 1.54) is 17.8 Å². The molecule has 0 radical (unpaired) electrons. The number of amides is 3. The molecule has 2 unspecified atom stereocenters. The number of primary amides is 1. The molecule has 196 valence electrons. The molecule has 3 amide bonds. The monoisotopic (exact) mass is 499 g/mol. The van der Waals surface area contributed by atoms with Crippen LogP contribution in [0.2, 0.25) is 0 Å². The summed E-state index contributed by atoms with van der Waals surface area (Å²) in [6.07, 6.45) is 8.81. The topological polar surface area (TPSA) is 138 Å². The minimum atomic E-state index is -0.737. The maximum Gasteiger partial charge on any atom is 0.404 e. The van der Waals surface area contributed by atoms with Crippen molar-refractivity contribution in [3.63, 3.8) is 0 Å². The van der Waals surface area contributed by atoms with Crippen LogP contribution in [0, 0.1) is 23.2 Å². The van der Waals surface area contributed by atoms with E-state index in [0.29, 0.717) is 24.0 Å². The molecule has 0 aliphatic heterocycles. The van der Waals surface area contributed by atoms with Gasteiger partial charge in [0.05, 0.1) is 24.4 Å². The van der Waals surface area contributed by atoms with E-state index in [1.54, 1.807) is 12.3 Å². The van der Waals surface area contributed by atoms with Gasteiger partial charge in [0, 0.05) is 24.3 Å². The number of hydrogen-bond acceptors (Lipinski definition) is 6. The number of rotatable bonds is 8. The lowest BCUT2D eigenvalue weighted by Crippen LogP contribution is -2.53. The Morgan fingerprint density at radius 1 is 1.28 bits per heavy atom. The molecule has 1 heterocycles. The van der Waals surface area contributed by atoms with Crippen LogP contribution in [0.25, 0.3) is 6.20 Å². The fourth-order valence-corrected chi connectivity index (χ4v) is 6.38. The van der Waals surface area contributed by atoms with E-state index < -0.39 is 11.6 Å². The summed E-state index contributed by atoms with van der Waals surface area (Å²) in [5.74, 6) is 0.793. The number of nitrogens with zero attached hydrogens (tertiary/aromatic N) is 3. The summed E-state index contributed by atoms with van der Waals surface area (Å²) in [7, 11) is 0. The Morgan fingerprint density at radius 2 is 1.94 bits per heavy atom. The summed E-state index contributed by atoms with van der Waals surface area (Å²) >= 11 is 0. The van der Waals surface area contributed by atoms with Gasteiger partial charge in [0.15, 0.2) is 0 Å². The standard InChI is InChI=1S/C26H37N5O5/c1-15(2)36-23-20(13-28-31(23)7-6-25(4,5)30-16(3)32)22(33)29-21-18-8-17-9-19(21)12-26(10-17,11-18)14-35-24(27)34/h6-7,13,15,17-19H,8-12,14H2,1-5H3,(H2,27,34)(H,30,32)/b7-6+,29-21?. The molecule has 0 saturated heterocycles. The van der Waals surface area contributed by atoms with E-state index in [-0.39, 0.29) is 35.2 Å². The Labute approximate surface area is 211 Å². The first-order valence-electron chi connectivity index (χ1n) is 12.6. The number of carbonyl (C=O) groups is 3. The number of hydrogen-bond donors (Lipinski definition) is 2. The van der Waals surface area contributed by atoms with Crippen LogP contribution in [-0.2, 0) is 9.53 Å². The van der Waals surface area contributed by atoms with Gasteiger partial charge >= 0.3 is 6.09 Å². The number of nitrogens with two attached hydrogens (primary N) is 1. The van der Waals surface area contributed by atoms with Gasteiger partial charge in [-0.2, -0.15) is 5.10 Å². The molecule has 36 heavy (non-hydrogen) atoms. The molecular formula is C26H37N5O5. The van der Waals surface area contributed by atoms with Gasteiger partial charge in [-0.1, -0.05) is 0 Å². The largest absolute Gasteiger partial charge is 0.474 e. The fraction of sp³-hybridized carbons (Fsp3) is 0.654. The highest BCUT2D eigenvalue weighted by molar-refractivity contribution is 6.07. The summed E-state index contributed by atoms with van der Waals surface area (Å²) in [5, 5.41) is 7.20. The van der Waals surface area contributed by atoms with Gasteiger partial charge in [-0.3, -0.25) is 9.59 Å². The molecule has 4 fully saturated rings. The Hall–Kier alpha value is -3.17. The van der Waals surface area contributed by atoms with Crippen LogP contribution >= 0.6 is 0 Å². The van der Waals surface area contributed by atoms with Crippen LogP contribution < -0.4 is 15.8 Å². The highest BCUT2D eigenvalue weighted by atomic mass is 16.5. The SMILES string of the molecule is CC(=O)NC(C)(C)/C=C/n1ncc(C(=O)N=C2C3CC4CC2CC(COC(N)=O)(C4)C3)c1OC(C)C. The Bertz CT molecular complexity index is 1080. The number of carbonyl (C=O) groups excluding carboxylic acids is 3. The number of nitrogens with one attached hydrogen (secondary N) is 1. The first-order chi connectivity index (χ1) is 16.9. The normalized spacial score (nSPS) is 26.9. The zero-order valence-corrected chi connectivity index (χ0v) is 21.7. The number of aliphatic imine (C=N–C) groups is 1. The zero-order chi connectivity index (χ0) is 26.3. The third kappa shape index (κ3) is 5.63. The molecule has 5 rings (SSSR count). The van der Waals surface area contributed by atoms with E-state index in [1.807, 2.05) is 27.7 Å². The summed E-state index contributed by atoms with van der Waals surface area (Å²) < 4.78 is 12.7. The Kier molecular flexibility index (Phi) is 6.99. The zero-order valence-electron chi connectivity index (χ0n) is 21.7. The van der Waals surface area contributed by atoms with Gasteiger partial charge in [-0.25, -0.2) is 14.5 Å².